The highest BCUT2D eigenvalue weighted by Gasteiger charge is 1.89. The number of unbranched alkanes of at least 4 members (excludes halogenated alkanes) is 3. The van der Waals surface area contributed by atoms with Gasteiger partial charge in [-0.1, -0.05) is 38.8 Å². The lowest BCUT2D eigenvalue weighted by molar-refractivity contribution is -0.109. The molecule has 0 bridgehead atoms. The van der Waals surface area contributed by atoms with Gasteiger partial charge in [0, 0.05) is 5.92 Å². The van der Waals surface area contributed by atoms with Crippen molar-refractivity contribution in [3.63, 3.8) is 0 Å². The van der Waals surface area contributed by atoms with Gasteiger partial charge in [0.25, 0.3) is 0 Å². The van der Waals surface area contributed by atoms with Crippen LogP contribution in [0, 0.1) is 5.92 Å². The van der Waals surface area contributed by atoms with Gasteiger partial charge in [0.2, 0.25) is 0 Å². The van der Waals surface area contributed by atoms with Crippen LogP contribution in [-0.2, 0) is 4.79 Å². The molecule has 0 amide bonds. The van der Waals surface area contributed by atoms with Crippen molar-refractivity contribution in [2.24, 2.45) is 5.92 Å². The zero-order valence-electron chi connectivity index (χ0n) is 7.55. The summed E-state index contributed by atoms with van der Waals surface area (Å²) >= 11 is 0. The molecule has 0 radical (unpaired) electrons. The van der Waals surface area contributed by atoms with Crippen molar-refractivity contribution in [2.75, 3.05) is 0 Å². The maximum absolute atomic E-state index is 10.2. The third kappa shape index (κ3) is 7.31. The van der Waals surface area contributed by atoms with Crippen molar-refractivity contribution >= 4 is 6.29 Å². The topological polar surface area (TPSA) is 17.1 Å². The quantitative estimate of drug-likeness (QED) is 0.326. The Hall–Kier alpha value is -0.590. The van der Waals surface area contributed by atoms with Crippen LogP contribution in [0.4, 0.5) is 0 Å². The first kappa shape index (κ1) is 10.4. The number of hydrogen-bond donors (Lipinski definition) is 0. The Morgan fingerprint density at radius 1 is 1.36 bits per heavy atom. The molecule has 1 unspecified atom stereocenters. The van der Waals surface area contributed by atoms with E-state index in [1.165, 1.54) is 19.3 Å². The minimum absolute atomic E-state index is 0.0941. The van der Waals surface area contributed by atoms with E-state index < -0.39 is 0 Å². The van der Waals surface area contributed by atoms with Gasteiger partial charge in [-0.3, -0.25) is 0 Å². The molecule has 1 nitrogen and oxygen atoms in total. The Kier molecular flexibility index (Phi) is 7.11. The molecule has 0 heterocycles. The van der Waals surface area contributed by atoms with E-state index >= 15 is 0 Å². The zero-order chi connectivity index (χ0) is 8.53. The second-order valence-corrected chi connectivity index (χ2v) is 2.92. The van der Waals surface area contributed by atoms with E-state index in [0.717, 1.165) is 12.7 Å². The van der Waals surface area contributed by atoms with Crippen LogP contribution < -0.4 is 0 Å². The minimum Gasteiger partial charge on any atom is -0.303 e. The van der Waals surface area contributed by atoms with Gasteiger partial charge in [-0.2, -0.15) is 0 Å². The first-order valence-electron chi connectivity index (χ1n) is 4.43. The van der Waals surface area contributed by atoms with Crippen molar-refractivity contribution in [2.45, 2.75) is 39.5 Å². The van der Waals surface area contributed by atoms with Gasteiger partial charge in [0.15, 0.2) is 0 Å². The molecule has 0 saturated carbocycles. The SMILES string of the molecule is CCCCC/C=C/C(C)C=O. The largest absolute Gasteiger partial charge is 0.303 e. The molecule has 1 atom stereocenters. The summed E-state index contributed by atoms with van der Waals surface area (Å²) in [7, 11) is 0. The van der Waals surface area contributed by atoms with Gasteiger partial charge in [0.05, 0.1) is 0 Å². The molecule has 0 N–H and O–H groups in total. The fourth-order valence-corrected chi connectivity index (χ4v) is 0.868. The number of allylic oxidation sites excluding steroid dienone is 2. The molecule has 64 valence electrons. The molecule has 1 heteroatoms. The summed E-state index contributed by atoms with van der Waals surface area (Å²) in [4.78, 5) is 10.2. The molecular formula is C10H18O. The lowest BCUT2D eigenvalue weighted by Crippen LogP contribution is -1.87. The molecule has 0 rings (SSSR count). The van der Waals surface area contributed by atoms with Crippen LogP contribution in [0.2, 0.25) is 0 Å². The van der Waals surface area contributed by atoms with Gasteiger partial charge in [0.1, 0.15) is 6.29 Å². The highest BCUT2D eigenvalue weighted by atomic mass is 16.1. The molecule has 0 fully saturated rings. The minimum atomic E-state index is 0.0941. The molecule has 0 aromatic heterocycles. The summed E-state index contributed by atoms with van der Waals surface area (Å²) in [5.41, 5.74) is 0. The van der Waals surface area contributed by atoms with Crippen molar-refractivity contribution in [3.05, 3.63) is 12.2 Å². The normalized spacial score (nSPS) is 13.6. The van der Waals surface area contributed by atoms with E-state index in [0.29, 0.717) is 0 Å². The van der Waals surface area contributed by atoms with E-state index in [1.54, 1.807) is 0 Å². The monoisotopic (exact) mass is 154 g/mol. The van der Waals surface area contributed by atoms with Crippen LogP contribution in [0.25, 0.3) is 0 Å². The Morgan fingerprint density at radius 3 is 2.64 bits per heavy atom. The lowest BCUT2D eigenvalue weighted by Gasteiger charge is -1.93. The molecule has 0 saturated heterocycles. The maximum atomic E-state index is 10.2. The zero-order valence-corrected chi connectivity index (χ0v) is 7.55. The second kappa shape index (κ2) is 7.52. The number of rotatable bonds is 6. The fraction of sp³-hybridized carbons (Fsp3) is 0.700. The maximum Gasteiger partial charge on any atom is 0.126 e. The summed E-state index contributed by atoms with van der Waals surface area (Å²) in [5, 5.41) is 0. The molecule has 0 aromatic carbocycles. The van der Waals surface area contributed by atoms with E-state index in [1.807, 2.05) is 13.0 Å². The van der Waals surface area contributed by atoms with Crippen LogP contribution in [0.5, 0.6) is 0 Å². The predicted molar refractivity (Wildman–Crippen MR) is 48.5 cm³/mol. The molecule has 0 aliphatic heterocycles. The second-order valence-electron chi connectivity index (χ2n) is 2.92. The smallest absolute Gasteiger partial charge is 0.126 e. The Balaban J connectivity index is 3.22. The molecule has 0 aliphatic carbocycles. The first-order chi connectivity index (χ1) is 5.31. The predicted octanol–water partition coefficient (Wildman–Crippen LogP) is 2.96. The van der Waals surface area contributed by atoms with E-state index in [9.17, 15) is 4.79 Å². The number of carbonyl (C=O) groups is 1. The van der Waals surface area contributed by atoms with E-state index in [4.69, 9.17) is 0 Å². The van der Waals surface area contributed by atoms with Crippen molar-refractivity contribution in [1.82, 2.24) is 0 Å². The van der Waals surface area contributed by atoms with Gasteiger partial charge in [-0.25, -0.2) is 0 Å². The summed E-state index contributed by atoms with van der Waals surface area (Å²) in [6.07, 6.45) is 9.97. The molecule has 11 heavy (non-hydrogen) atoms. The van der Waals surface area contributed by atoms with Crippen LogP contribution in [-0.4, -0.2) is 6.29 Å². The van der Waals surface area contributed by atoms with Crippen molar-refractivity contribution in [3.8, 4) is 0 Å². The standard InChI is InChI=1S/C10H18O/c1-3-4-5-6-7-8-10(2)9-11/h7-10H,3-6H2,1-2H3/b8-7+. The summed E-state index contributed by atoms with van der Waals surface area (Å²) in [6.45, 7) is 4.10. The summed E-state index contributed by atoms with van der Waals surface area (Å²) in [6, 6.07) is 0. The average molecular weight is 154 g/mol. The number of aldehydes is 1. The average Bonchev–Trinajstić information content (AvgIpc) is 2.04. The van der Waals surface area contributed by atoms with E-state index in [2.05, 4.69) is 13.0 Å². The van der Waals surface area contributed by atoms with Gasteiger partial charge < -0.3 is 4.79 Å². The van der Waals surface area contributed by atoms with Crippen LogP contribution in [0.15, 0.2) is 12.2 Å². The number of carbonyl (C=O) groups excluding carboxylic acids is 1. The van der Waals surface area contributed by atoms with Gasteiger partial charge in [-0.05, 0) is 12.8 Å². The third-order valence-corrected chi connectivity index (χ3v) is 1.63. The molecule has 0 aliphatic rings. The number of hydrogen-bond acceptors (Lipinski definition) is 1. The Morgan fingerprint density at radius 2 is 2.09 bits per heavy atom. The van der Waals surface area contributed by atoms with Crippen LogP contribution >= 0.6 is 0 Å². The van der Waals surface area contributed by atoms with Crippen LogP contribution in [0.3, 0.4) is 0 Å². The molecule has 0 spiro atoms. The first-order valence-corrected chi connectivity index (χ1v) is 4.43. The van der Waals surface area contributed by atoms with Crippen LogP contribution in [0.1, 0.15) is 39.5 Å². The lowest BCUT2D eigenvalue weighted by atomic mass is 10.1. The highest BCUT2D eigenvalue weighted by molar-refractivity contribution is 5.55. The van der Waals surface area contributed by atoms with Gasteiger partial charge >= 0.3 is 0 Å². The fourth-order valence-electron chi connectivity index (χ4n) is 0.868. The molecule has 0 aromatic rings. The van der Waals surface area contributed by atoms with Crippen molar-refractivity contribution < 1.29 is 4.79 Å². The highest BCUT2D eigenvalue weighted by Crippen LogP contribution is 2.01. The van der Waals surface area contributed by atoms with E-state index in [-0.39, 0.29) is 5.92 Å². The van der Waals surface area contributed by atoms with Crippen molar-refractivity contribution in [1.29, 1.82) is 0 Å². The summed E-state index contributed by atoms with van der Waals surface area (Å²) < 4.78 is 0. The third-order valence-electron chi connectivity index (χ3n) is 1.63. The summed E-state index contributed by atoms with van der Waals surface area (Å²) in [5.74, 6) is 0.0941. The molecular weight excluding hydrogens is 136 g/mol. The van der Waals surface area contributed by atoms with Gasteiger partial charge in [-0.15, -0.1) is 0 Å². The Bertz CT molecular complexity index is 116. The Labute approximate surface area is 69.5 Å².